The van der Waals surface area contributed by atoms with E-state index in [9.17, 15) is 23.1 Å². The summed E-state index contributed by atoms with van der Waals surface area (Å²) in [7, 11) is 0. The van der Waals surface area contributed by atoms with Crippen molar-refractivity contribution >= 4 is 28.6 Å². The van der Waals surface area contributed by atoms with Gasteiger partial charge in [0.1, 0.15) is 11.3 Å². The maximum atomic E-state index is 12.9. The van der Waals surface area contributed by atoms with Crippen LogP contribution in [0.3, 0.4) is 0 Å². The summed E-state index contributed by atoms with van der Waals surface area (Å²) >= 11 is 6.41. The molecule has 0 atom stereocenters. The third-order valence-corrected chi connectivity index (χ3v) is 5.29. The molecule has 0 radical (unpaired) electrons. The van der Waals surface area contributed by atoms with Gasteiger partial charge in [0.25, 0.3) is 0 Å². The van der Waals surface area contributed by atoms with E-state index in [2.05, 4.69) is 4.98 Å². The van der Waals surface area contributed by atoms with Crippen LogP contribution in [0.1, 0.15) is 29.9 Å². The number of benzene rings is 2. The Kier molecular flexibility index (Phi) is 5.80. The molecule has 0 aliphatic rings. The number of nitrogens with zero attached hydrogens (tertiary/aromatic N) is 2. The second-order valence-corrected chi connectivity index (χ2v) is 7.98. The summed E-state index contributed by atoms with van der Waals surface area (Å²) in [6, 6.07) is 14.7. The lowest BCUT2D eigenvalue weighted by atomic mass is 10.1. The number of pyridine rings is 1. The van der Waals surface area contributed by atoms with Gasteiger partial charge in [-0.1, -0.05) is 23.7 Å². The number of halogens is 4. The van der Waals surface area contributed by atoms with Gasteiger partial charge in [-0.15, -0.1) is 0 Å². The fourth-order valence-electron chi connectivity index (χ4n) is 3.52. The molecule has 0 aliphatic heterocycles. The van der Waals surface area contributed by atoms with E-state index in [4.69, 9.17) is 16.3 Å². The lowest BCUT2D eigenvalue weighted by molar-refractivity contribution is -0.137. The first-order valence-corrected chi connectivity index (χ1v) is 10.3. The molecule has 2 heterocycles. The summed E-state index contributed by atoms with van der Waals surface area (Å²) in [6.07, 6.45) is -4.46. The number of aromatic carboxylic acids is 1. The van der Waals surface area contributed by atoms with Crippen LogP contribution in [0, 0.1) is 0 Å². The van der Waals surface area contributed by atoms with Crippen LogP contribution in [0.15, 0.2) is 60.7 Å². The molecule has 4 aromatic rings. The van der Waals surface area contributed by atoms with E-state index >= 15 is 0 Å². The van der Waals surface area contributed by atoms with Gasteiger partial charge in [0, 0.05) is 11.3 Å². The van der Waals surface area contributed by atoms with Crippen LogP contribution < -0.4 is 4.74 Å². The minimum absolute atomic E-state index is 0.0138. The molecule has 33 heavy (non-hydrogen) atoms. The lowest BCUT2D eigenvalue weighted by Gasteiger charge is -2.12. The average molecular weight is 475 g/mol. The Morgan fingerprint density at radius 2 is 1.67 bits per heavy atom. The predicted molar refractivity (Wildman–Crippen MR) is 119 cm³/mol. The smallest absolute Gasteiger partial charge is 0.416 e. The zero-order valence-corrected chi connectivity index (χ0v) is 18.3. The van der Waals surface area contributed by atoms with Crippen molar-refractivity contribution in [3.05, 3.63) is 76.9 Å². The fraction of sp³-hybridized carbons (Fsp3) is 0.167. The highest BCUT2D eigenvalue weighted by Crippen LogP contribution is 2.35. The van der Waals surface area contributed by atoms with Crippen molar-refractivity contribution in [2.45, 2.75) is 26.1 Å². The van der Waals surface area contributed by atoms with Crippen LogP contribution in [0.2, 0.25) is 5.02 Å². The molecule has 0 unspecified atom stereocenters. The van der Waals surface area contributed by atoms with Gasteiger partial charge in [0.2, 0.25) is 0 Å². The molecule has 4 rings (SSSR count). The van der Waals surface area contributed by atoms with Crippen molar-refractivity contribution in [1.82, 2.24) is 9.55 Å². The Labute approximate surface area is 192 Å². The van der Waals surface area contributed by atoms with E-state index in [1.165, 1.54) is 16.7 Å². The Morgan fingerprint density at radius 3 is 2.21 bits per heavy atom. The highest BCUT2D eigenvalue weighted by molar-refractivity contribution is 6.38. The molecule has 0 saturated carbocycles. The number of carbonyl (C=O) groups is 1. The number of carboxylic acids is 1. The second kappa shape index (κ2) is 8.44. The zero-order chi connectivity index (χ0) is 23.9. The summed E-state index contributed by atoms with van der Waals surface area (Å²) < 4.78 is 45.7. The van der Waals surface area contributed by atoms with E-state index in [-0.39, 0.29) is 22.3 Å². The molecule has 0 fully saturated rings. The van der Waals surface area contributed by atoms with Gasteiger partial charge < -0.3 is 14.4 Å². The molecule has 0 aliphatic carbocycles. The molecule has 5 nitrogen and oxygen atoms in total. The van der Waals surface area contributed by atoms with Gasteiger partial charge in [-0.2, -0.15) is 13.2 Å². The first-order chi connectivity index (χ1) is 15.6. The first-order valence-electron chi connectivity index (χ1n) is 9.95. The standard InChI is InChI=1S/C24H18ClF3N2O3/c1-13(2)33-17-9-7-16(8-10-17)30-19-12-11-18(29-21(19)20(25)22(30)23(31)32)14-3-5-15(6-4-14)24(26,27)28/h3-13H,1-2H3,(H,31,32). The van der Waals surface area contributed by atoms with Crippen molar-refractivity contribution in [2.75, 3.05) is 0 Å². The molecular weight excluding hydrogens is 457 g/mol. The molecule has 2 aromatic heterocycles. The van der Waals surface area contributed by atoms with Crippen LogP contribution >= 0.6 is 11.6 Å². The summed E-state index contributed by atoms with van der Waals surface area (Å²) in [5.74, 6) is -0.604. The van der Waals surface area contributed by atoms with Crippen LogP contribution in [-0.4, -0.2) is 26.7 Å². The highest BCUT2D eigenvalue weighted by atomic mass is 35.5. The Balaban J connectivity index is 1.82. The lowest BCUT2D eigenvalue weighted by Crippen LogP contribution is -2.08. The van der Waals surface area contributed by atoms with Crippen molar-refractivity contribution in [3.8, 4) is 22.7 Å². The number of rotatable bonds is 5. The van der Waals surface area contributed by atoms with Crippen LogP contribution in [0.4, 0.5) is 13.2 Å². The maximum Gasteiger partial charge on any atom is 0.416 e. The normalized spacial score (nSPS) is 11.8. The van der Waals surface area contributed by atoms with E-state index in [0.717, 1.165) is 12.1 Å². The molecule has 0 amide bonds. The molecule has 170 valence electrons. The van der Waals surface area contributed by atoms with E-state index in [1.54, 1.807) is 36.4 Å². The zero-order valence-electron chi connectivity index (χ0n) is 17.5. The minimum Gasteiger partial charge on any atom is -0.491 e. The fourth-order valence-corrected chi connectivity index (χ4v) is 3.82. The van der Waals surface area contributed by atoms with Crippen LogP contribution in [-0.2, 0) is 6.18 Å². The molecule has 0 saturated heterocycles. The average Bonchev–Trinajstić information content (AvgIpc) is 3.05. The molecular formula is C24H18ClF3N2O3. The molecule has 9 heteroatoms. The maximum absolute atomic E-state index is 12.9. The topological polar surface area (TPSA) is 64.3 Å². The van der Waals surface area contributed by atoms with Gasteiger partial charge in [-0.25, -0.2) is 9.78 Å². The quantitative estimate of drug-likeness (QED) is 0.343. The van der Waals surface area contributed by atoms with Crippen molar-refractivity contribution in [3.63, 3.8) is 0 Å². The third-order valence-electron chi connectivity index (χ3n) is 4.93. The molecule has 0 bridgehead atoms. The van der Waals surface area contributed by atoms with Gasteiger partial charge in [0.05, 0.1) is 27.9 Å². The van der Waals surface area contributed by atoms with Gasteiger partial charge in [-0.3, -0.25) is 0 Å². The Bertz CT molecular complexity index is 1330. The number of aromatic nitrogens is 2. The summed E-state index contributed by atoms with van der Waals surface area (Å²) in [4.78, 5) is 16.5. The number of fused-ring (bicyclic) bond motifs is 1. The summed E-state index contributed by atoms with van der Waals surface area (Å²) in [5.41, 5.74) is 1.11. The number of ether oxygens (including phenoxy) is 1. The highest BCUT2D eigenvalue weighted by Gasteiger charge is 2.30. The number of carboxylic acid groups (broad SMARTS) is 1. The monoisotopic (exact) mass is 474 g/mol. The molecule has 1 N–H and O–H groups in total. The number of alkyl halides is 3. The molecule has 0 spiro atoms. The summed E-state index contributed by atoms with van der Waals surface area (Å²) in [5, 5.41) is 9.75. The predicted octanol–water partition coefficient (Wildman–Crippen LogP) is 6.85. The molecule has 2 aromatic carbocycles. The second-order valence-electron chi connectivity index (χ2n) is 7.60. The van der Waals surface area contributed by atoms with Gasteiger partial charge >= 0.3 is 12.1 Å². The number of hydrogen-bond donors (Lipinski definition) is 1. The van der Waals surface area contributed by atoms with Crippen LogP contribution in [0.25, 0.3) is 28.0 Å². The van der Waals surface area contributed by atoms with Crippen molar-refractivity contribution < 1.29 is 27.8 Å². The van der Waals surface area contributed by atoms with Crippen molar-refractivity contribution in [2.24, 2.45) is 0 Å². The largest absolute Gasteiger partial charge is 0.491 e. The summed E-state index contributed by atoms with van der Waals surface area (Å²) in [6.45, 7) is 3.80. The van der Waals surface area contributed by atoms with Crippen LogP contribution in [0.5, 0.6) is 5.75 Å². The van der Waals surface area contributed by atoms with Crippen molar-refractivity contribution in [1.29, 1.82) is 0 Å². The SMILES string of the molecule is CC(C)Oc1ccc(-n2c(C(=O)O)c(Cl)c3nc(-c4ccc(C(F)(F)F)cc4)ccc32)cc1. The Hall–Kier alpha value is -3.52. The van der Waals surface area contributed by atoms with E-state index < -0.39 is 17.7 Å². The van der Waals surface area contributed by atoms with E-state index in [0.29, 0.717) is 28.2 Å². The first kappa shape index (κ1) is 22.7. The van der Waals surface area contributed by atoms with Gasteiger partial charge in [-0.05, 0) is 62.4 Å². The Morgan fingerprint density at radius 1 is 1.03 bits per heavy atom. The van der Waals surface area contributed by atoms with Gasteiger partial charge in [0.15, 0.2) is 5.69 Å². The number of hydrogen-bond acceptors (Lipinski definition) is 3. The van der Waals surface area contributed by atoms with E-state index in [1.807, 2.05) is 13.8 Å². The third kappa shape index (κ3) is 4.39. The minimum atomic E-state index is -4.44.